The fourth-order valence-electron chi connectivity index (χ4n) is 2.28. The molecule has 0 saturated carbocycles. The number of hydrogen-bond acceptors (Lipinski definition) is 4. The van der Waals surface area contributed by atoms with E-state index >= 15 is 0 Å². The van der Waals surface area contributed by atoms with Gasteiger partial charge < -0.3 is 16.5 Å². The molecule has 21 heavy (non-hydrogen) atoms. The van der Waals surface area contributed by atoms with Crippen molar-refractivity contribution < 1.29 is 18.7 Å². The Morgan fingerprint density at radius 3 is 2.52 bits per heavy atom. The highest BCUT2D eigenvalue weighted by atomic mass is 32.2. The summed E-state index contributed by atoms with van der Waals surface area (Å²) in [7, 11) is -3.59. The van der Waals surface area contributed by atoms with Crippen molar-refractivity contribution in [2.45, 2.75) is 16.3 Å². The number of amides is 1. The number of rotatable bonds is 1. The maximum absolute atomic E-state index is 12.6. The molecule has 0 fully saturated rings. The normalized spacial score (nSPS) is 14.7. The second-order valence-corrected chi connectivity index (χ2v) is 6.43. The number of primary amides is 1. The number of nitrogens with one attached hydrogen (secondary N) is 1. The number of fused-ring (bicyclic) bond motifs is 2. The first-order chi connectivity index (χ1) is 9.50. The average Bonchev–Trinajstić information content (AvgIpc) is 2.55. The summed E-state index contributed by atoms with van der Waals surface area (Å²) < 4.78 is 25.3. The van der Waals surface area contributed by atoms with Gasteiger partial charge >= 0.3 is 0 Å². The van der Waals surface area contributed by atoms with Crippen LogP contribution in [0, 0.1) is 0 Å². The number of carbonyl (C=O) groups is 1. The molecule has 110 valence electrons. The number of anilines is 1. The van der Waals surface area contributed by atoms with E-state index in [9.17, 15) is 13.2 Å². The van der Waals surface area contributed by atoms with Gasteiger partial charge in [-0.1, -0.05) is 18.2 Å². The molecule has 1 aliphatic heterocycles. The van der Waals surface area contributed by atoms with Crippen molar-refractivity contribution in [3.8, 4) is 0 Å². The zero-order valence-corrected chi connectivity index (χ0v) is 11.8. The minimum atomic E-state index is -3.59. The molecule has 5 N–H and O–H groups in total. The molecule has 2 aromatic carbocycles. The number of carbonyl (C=O) groups excluding carboxylic acids is 1. The molecule has 1 amide bonds. The van der Waals surface area contributed by atoms with Crippen LogP contribution < -0.4 is 11.1 Å². The van der Waals surface area contributed by atoms with Gasteiger partial charge in [-0.25, -0.2) is 8.42 Å². The lowest BCUT2D eigenvalue weighted by atomic mass is 10.2. The van der Waals surface area contributed by atoms with E-state index in [0.29, 0.717) is 17.8 Å². The highest BCUT2D eigenvalue weighted by Gasteiger charge is 2.27. The van der Waals surface area contributed by atoms with E-state index in [1.54, 1.807) is 24.3 Å². The van der Waals surface area contributed by atoms with Crippen LogP contribution in [-0.2, 0) is 16.4 Å². The molecule has 0 aromatic heterocycles. The van der Waals surface area contributed by atoms with Gasteiger partial charge in [0.25, 0.3) is 0 Å². The molecule has 0 aliphatic carbocycles. The number of nitrogens with two attached hydrogens (primary N) is 1. The topological polar surface area (TPSA) is 121 Å². The van der Waals surface area contributed by atoms with Crippen LogP contribution in [0.1, 0.15) is 15.9 Å². The zero-order chi connectivity index (χ0) is 14.3. The summed E-state index contributed by atoms with van der Waals surface area (Å²) in [4.78, 5) is 11.6. The van der Waals surface area contributed by atoms with Crippen molar-refractivity contribution in [1.29, 1.82) is 0 Å². The van der Waals surface area contributed by atoms with E-state index in [2.05, 4.69) is 5.32 Å². The molecule has 0 bridgehead atoms. The van der Waals surface area contributed by atoms with Gasteiger partial charge in [-0.2, -0.15) is 0 Å². The van der Waals surface area contributed by atoms with Gasteiger partial charge in [-0.15, -0.1) is 0 Å². The van der Waals surface area contributed by atoms with Gasteiger partial charge in [-0.05, 0) is 29.8 Å². The Morgan fingerprint density at radius 1 is 1.10 bits per heavy atom. The Labute approximate surface area is 121 Å². The monoisotopic (exact) mass is 306 g/mol. The Morgan fingerprint density at radius 2 is 1.81 bits per heavy atom. The van der Waals surface area contributed by atoms with E-state index in [4.69, 9.17) is 5.73 Å². The average molecular weight is 306 g/mol. The van der Waals surface area contributed by atoms with Crippen molar-refractivity contribution in [1.82, 2.24) is 0 Å². The summed E-state index contributed by atoms with van der Waals surface area (Å²) in [5.74, 6) is -0.589. The summed E-state index contributed by atoms with van der Waals surface area (Å²) in [6.45, 7) is 0.380. The Bertz CT molecular complexity index is 815. The first-order valence-corrected chi connectivity index (χ1v) is 7.49. The molecule has 1 heterocycles. The van der Waals surface area contributed by atoms with Crippen LogP contribution in [0.2, 0.25) is 0 Å². The lowest BCUT2D eigenvalue weighted by Crippen LogP contribution is -2.12. The number of sulfone groups is 1. The molecule has 0 atom stereocenters. The van der Waals surface area contributed by atoms with Crippen LogP contribution in [0.15, 0.2) is 52.3 Å². The highest BCUT2D eigenvalue weighted by Crippen LogP contribution is 2.33. The minimum Gasteiger partial charge on any atom is -0.412 e. The molecule has 0 unspecified atom stereocenters. The SMILES string of the molecule is NC(=O)c1ccc2c(c1)NCc1ccccc1S2(=O)=O.O. The van der Waals surface area contributed by atoms with E-state index < -0.39 is 15.7 Å². The molecule has 2 aromatic rings. The van der Waals surface area contributed by atoms with E-state index in [1.165, 1.54) is 18.2 Å². The van der Waals surface area contributed by atoms with Crippen molar-refractivity contribution in [2.24, 2.45) is 5.73 Å². The van der Waals surface area contributed by atoms with Gasteiger partial charge in [0.15, 0.2) is 0 Å². The summed E-state index contributed by atoms with van der Waals surface area (Å²) in [5, 5.41) is 3.05. The van der Waals surface area contributed by atoms with E-state index in [1.807, 2.05) is 0 Å². The summed E-state index contributed by atoms with van der Waals surface area (Å²) in [6.07, 6.45) is 0. The van der Waals surface area contributed by atoms with Crippen molar-refractivity contribution in [3.05, 3.63) is 53.6 Å². The lowest BCUT2D eigenvalue weighted by Gasteiger charge is -2.08. The van der Waals surface area contributed by atoms with E-state index in [0.717, 1.165) is 0 Å². The van der Waals surface area contributed by atoms with Gasteiger partial charge in [0, 0.05) is 12.1 Å². The Balaban J connectivity index is 0.00000161. The molecule has 1 aliphatic rings. The fourth-order valence-corrected chi connectivity index (χ4v) is 3.92. The molecule has 0 spiro atoms. The third kappa shape index (κ3) is 2.37. The fraction of sp³-hybridized carbons (Fsp3) is 0.0714. The minimum absolute atomic E-state index is 0. The standard InChI is InChI=1S/C14H12N2O3S.H2O/c15-14(17)9-5-6-13-11(7-9)16-8-10-3-1-2-4-12(10)20(13,18)19;/h1-7,16H,8H2,(H2,15,17);1H2. The van der Waals surface area contributed by atoms with Gasteiger partial charge in [0.05, 0.1) is 15.5 Å². The Hall–Kier alpha value is -2.38. The van der Waals surface area contributed by atoms with Crippen molar-refractivity contribution >= 4 is 21.4 Å². The van der Waals surface area contributed by atoms with Crippen LogP contribution in [0.25, 0.3) is 0 Å². The quantitative estimate of drug-likeness (QED) is 0.806. The van der Waals surface area contributed by atoms with Crippen molar-refractivity contribution in [3.63, 3.8) is 0 Å². The maximum atomic E-state index is 12.6. The smallest absolute Gasteiger partial charge is 0.248 e. The number of hydrogen-bond donors (Lipinski definition) is 2. The molecule has 3 rings (SSSR count). The van der Waals surface area contributed by atoms with Crippen LogP contribution in [0.4, 0.5) is 5.69 Å². The number of benzene rings is 2. The Kier molecular flexibility index (Phi) is 3.71. The third-order valence-corrected chi connectivity index (χ3v) is 5.20. The first kappa shape index (κ1) is 15.0. The predicted octanol–water partition coefficient (Wildman–Crippen LogP) is 0.719. The van der Waals surface area contributed by atoms with Crippen LogP contribution >= 0.6 is 0 Å². The highest BCUT2D eigenvalue weighted by molar-refractivity contribution is 7.91. The third-order valence-electron chi connectivity index (χ3n) is 3.29. The van der Waals surface area contributed by atoms with Crippen LogP contribution in [0.3, 0.4) is 0 Å². The molecule has 6 nitrogen and oxygen atoms in total. The summed E-state index contributed by atoms with van der Waals surface area (Å²) in [6, 6.07) is 11.2. The van der Waals surface area contributed by atoms with Crippen LogP contribution in [0.5, 0.6) is 0 Å². The summed E-state index contributed by atoms with van der Waals surface area (Å²) in [5.41, 5.74) is 6.60. The molecular weight excluding hydrogens is 292 g/mol. The van der Waals surface area contributed by atoms with Crippen LogP contribution in [-0.4, -0.2) is 19.8 Å². The van der Waals surface area contributed by atoms with Crippen molar-refractivity contribution in [2.75, 3.05) is 5.32 Å². The van der Waals surface area contributed by atoms with Gasteiger partial charge in [-0.3, -0.25) is 4.79 Å². The predicted molar refractivity (Wildman–Crippen MR) is 77.8 cm³/mol. The van der Waals surface area contributed by atoms with Gasteiger partial charge in [0.1, 0.15) is 0 Å². The van der Waals surface area contributed by atoms with E-state index in [-0.39, 0.29) is 20.8 Å². The zero-order valence-electron chi connectivity index (χ0n) is 11.0. The molecule has 7 heteroatoms. The maximum Gasteiger partial charge on any atom is 0.248 e. The molecule has 0 saturated heterocycles. The first-order valence-electron chi connectivity index (χ1n) is 6.01. The summed E-state index contributed by atoms with van der Waals surface area (Å²) >= 11 is 0. The lowest BCUT2D eigenvalue weighted by molar-refractivity contribution is 0.1000. The second-order valence-electron chi connectivity index (χ2n) is 4.54. The molecular formula is C14H14N2O4S. The van der Waals surface area contributed by atoms with Gasteiger partial charge in [0.2, 0.25) is 15.7 Å². The largest absolute Gasteiger partial charge is 0.412 e. The molecule has 0 radical (unpaired) electrons. The second kappa shape index (κ2) is 5.19.